The van der Waals surface area contributed by atoms with Crippen LogP contribution in [-0.4, -0.2) is 24.8 Å². The molecule has 1 saturated heterocycles. The van der Waals surface area contributed by atoms with Crippen molar-refractivity contribution in [2.75, 3.05) is 0 Å². The molecule has 1 heterocycles. The van der Waals surface area contributed by atoms with Crippen molar-refractivity contribution in [3.8, 4) is 0 Å². The maximum Gasteiger partial charge on any atom is 0.243 e. The number of benzene rings is 1. The molecule has 2 atom stereocenters. The summed E-state index contributed by atoms with van der Waals surface area (Å²) >= 11 is 0. The van der Waals surface area contributed by atoms with Crippen molar-refractivity contribution >= 4 is 10.0 Å². The zero-order valence-corrected chi connectivity index (χ0v) is 13.9. The maximum atomic E-state index is 12.9. The molecule has 4 heteroatoms. The SMILES string of the molecule is Cc1ccc(S(=O)(=O)N2[C@H](C)CC[C@@H]2C(C)(C)C)cc1. The van der Waals surface area contributed by atoms with Gasteiger partial charge in [0.1, 0.15) is 0 Å². The van der Waals surface area contributed by atoms with Gasteiger partial charge in [-0.15, -0.1) is 0 Å². The minimum absolute atomic E-state index is 0.0392. The van der Waals surface area contributed by atoms with Crippen LogP contribution >= 0.6 is 0 Å². The Kier molecular flexibility index (Phi) is 4.00. The molecule has 1 aromatic carbocycles. The molecule has 0 spiro atoms. The Morgan fingerprint density at radius 3 is 2.15 bits per heavy atom. The summed E-state index contributed by atoms with van der Waals surface area (Å²) in [4.78, 5) is 0.408. The highest BCUT2D eigenvalue weighted by Crippen LogP contribution is 2.39. The topological polar surface area (TPSA) is 37.4 Å². The third-order valence-corrected chi connectivity index (χ3v) is 6.23. The minimum atomic E-state index is -3.40. The fourth-order valence-electron chi connectivity index (χ4n) is 3.01. The normalized spacial score (nSPS) is 25.1. The predicted molar refractivity (Wildman–Crippen MR) is 82.1 cm³/mol. The molecule has 1 aliphatic heterocycles. The molecule has 0 bridgehead atoms. The van der Waals surface area contributed by atoms with E-state index in [2.05, 4.69) is 20.8 Å². The van der Waals surface area contributed by atoms with Crippen LogP contribution < -0.4 is 0 Å². The summed E-state index contributed by atoms with van der Waals surface area (Å²) in [5.41, 5.74) is 1.04. The van der Waals surface area contributed by atoms with E-state index in [1.807, 2.05) is 26.0 Å². The van der Waals surface area contributed by atoms with E-state index in [0.717, 1.165) is 18.4 Å². The lowest BCUT2D eigenvalue weighted by atomic mass is 9.86. The lowest BCUT2D eigenvalue weighted by Crippen LogP contribution is -2.45. The number of rotatable bonds is 2. The Morgan fingerprint density at radius 1 is 1.10 bits per heavy atom. The summed E-state index contributed by atoms with van der Waals surface area (Å²) in [6.45, 7) is 10.3. The molecular weight excluding hydrogens is 270 g/mol. The molecule has 1 aromatic rings. The van der Waals surface area contributed by atoms with Crippen LogP contribution in [0.3, 0.4) is 0 Å². The number of sulfonamides is 1. The summed E-state index contributed by atoms with van der Waals surface area (Å²) in [5.74, 6) is 0. The van der Waals surface area contributed by atoms with Gasteiger partial charge in [0.25, 0.3) is 0 Å². The average Bonchev–Trinajstić information content (AvgIpc) is 2.72. The summed E-state index contributed by atoms with van der Waals surface area (Å²) < 4.78 is 27.6. The molecule has 1 fully saturated rings. The zero-order chi connectivity index (χ0) is 15.1. The molecule has 0 radical (unpaired) electrons. The van der Waals surface area contributed by atoms with Crippen LogP contribution in [0.5, 0.6) is 0 Å². The number of aryl methyl sites for hydroxylation is 1. The number of hydrogen-bond acceptors (Lipinski definition) is 2. The fourth-order valence-corrected chi connectivity index (χ4v) is 5.07. The Bertz CT molecular complexity index is 569. The summed E-state index contributed by atoms with van der Waals surface area (Å²) in [7, 11) is -3.40. The van der Waals surface area contributed by atoms with Crippen molar-refractivity contribution in [3.05, 3.63) is 29.8 Å². The zero-order valence-electron chi connectivity index (χ0n) is 13.1. The molecule has 0 saturated carbocycles. The number of hydrogen-bond donors (Lipinski definition) is 0. The van der Waals surface area contributed by atoms with Crippen molar-refractivity contribution < 1.29 is 8.42 Å². The van der Waals surface area contributed by atoms with Gasteiger partial charge < -0.3 is 0 Å². The van der Waals surface area contributed by atoms with Crippen LogP contribution in [0.2, 0.25) is 0 Å². The van der Waals surface area contributed by atoms with Crippen molar-refractivity contribution in [2.45, 2.75) is 64.4 Å². The van der Waals surface area contributed by atoms with Crippen LogP contribution in [0, 0.1) is 12.3 Å². The maximum absolute atomic E-state index is 12.9. The third kappa shape index (κ3) is 2.77. The smallest absolute Gasteiger partial charge is 0.207 e. The van der Waals surface area contributed by atoms with Gasteiger partial charge >= 0.3 is 0 Å². The molecule has 2 rings (SSSR count). The van der Waals surface area contributed by atoms with Crippen molar-refractivity contribution in [2.24, 2.45) is 5.41 Å². The second-order valence-corrected chi connectivity index (χ2v) is 8.80. The standard InChI is InChI=1S/C16H25NO2S/c1-12-6-9-14(10-7-12)20(18,19)17-13(2)8-11-15(17)16(3,4)5/h6-7,9-10,13,15H,8,11H2,1-5H3/t13-,15-/m1/s1. The molecule has 20 heavy (non-hydrogen) atoms. The first-order valence-electron chi connectivity index (χ1n) is 7.24. The Morgan fingerprint density at radius 2 is 1.65 bits per heavy atom. The van der Waals surface area contributed by atoms with E-state index in [9.17, 15) is 8.42 Å². The molecule has 0 aliphatic carbocycles. The Hall–Kier alpha value is -0.870. The highest BCUT2D eigenvalue weighted by Gasteiger charge is 2.44. The molecular formula is C16H25NO2S. The quantitative estimate of drug-likeness (QED) is 0.836. The van der Waals surface area contributed by atoms with Crippen molar-refractivity contribution in [1.82, 2.24) is 4.31 Å². The van der Waals surface area contributed by atoms with Gasteiger partial charge in [-0.3, -0.25) is 0 Å². The molecule has 0 aromatic heterocycles. The first-order valence-corrected chi connectivity index (χ1v) is 8.68. The van der Waals surface area contributed by atoms with E-state index in [1.54, 1.807) is 16.4 Å². The van der Waals surface area contributed by atoms with Gasteiger partial charge in [-0.2, -0.15) is 4.31 Å². The number of nitrogens with zero attached hydrogens (tertiary/aromatic N) is 1. The highest BCUT2D eigenvalue weighted by atomic mass is 32.2. The second kappa shape index (κ2) is 5.15. The Balaban J connectivity index is 2.43. The lowest BCUT2D eigenvalue weighted by molar-refractivity contribution is 0.196. The Labute approximate surface area is 123 Å². The van der Waals surface area contributed by atoms with Gasteiger partial charge in [0.15, 0.2) is 0 Å². The van der Waals surface area contributed by atoms with E-state index in [1.165, 1.54) is 0 Å². The van der Waals surface area contributed by atoms with Crippen LogP contribution in [0.1, 0.15) is 46.1 Å². The monoisotopic (exact) mass is 295 g/mol. The van der Waals surface area contributed by atoms with Crippen LogP contribution in [0.4, 0.5) is 0 Å². The van der Waals surface area contributed by atoms with E-state index in [-0.39, 0.29) is 17.5 Å². The van der Waals surface area contributed by atoms with E-state index >= 15 is 0 Å². The second-order valence-electron chi connectivity index (χ2n) is 6.96. The van der Waals surface area contributed by atoms with E-state index in [0.29, 0.717) is 4.90 Å². The molecule has 3 nitrogen and oxygen atoms in total. The molecule has 0 unspecified atom stereocenters. The first kappa shape index (κ1) is 15.5. The van der Waals surface area contributed by atoms with Gasteiger partial charge in [-0.05, 0) is 44.2 Å². The van der Waals surface area contributed by atoms with E-state index < -0.39 is 10.0 Å². The van der Waals surface area contributed by atoms with Gasteiger partial charge in [0, 0.05) is 12.1 Å². The summed E-state index contributed by atoms with van der Waals surface area (Å²) in [6.07, 6.45) is 1.88. The minimum Gasteiger partial charge on any atom is -0.207 e. The lowest BCUT2D eigenvalue weighted by Gasteiger charge is -2.36. The van der Waals surface area contributed by atoms with Crippen LogP contribution in [0.15, 0.2) is 29.2 Å². The first-order chi connectivity index (χ1) is 9.14. The highest BCUT2D eigenvalue weighted by molar-refractivity contribution is 7.89. The van der Waals surface area contributed by atoms with Gasteiger partial charge in [0.05, 0.1) is 4.90 Å². The van der Waals surface area contributed by atoms with Crippen LogP contribution in [-0.2, 0) is 10.0 Å². The van der Waals surface area contributed by atoms with Crippen molar-refractivity contribution in [3.63, 3.8) is 0 Å². The van der Waals surface area contributed by atoms with Gasteiger partial charge in [0.2, 0.25) is 10.0 Å². The van der Waals surface area contributed by atoms with E-state index in [4.69, 9.17) is 0 Å². The van der Waals surface area contributed by atoms with Crippen molar-refractivity contribution in [1.29, 1.82) is 0 Å². The third-order valence-electron chi connectivity index (χ3n) is 4.20. The molecule has 112 valence electrons. The molecule has 0 amide bonds. The fraction of sp³-hybridized carbons (Fsp3) is 0.625. The van der Waals surface area contributed by atoms with Gasteiger partial charge in [-0.1, -0.05) is 38.5 Å². The van der Waals surface area contributed by atoms with Gasteiger partial charge in [-0.25, -0.2) is 8.42 Å². The molecule has 1 aliphatic rings. The summed E-state index contributed by atoms with van der Waals surface area (Å²) in [5, 5.41) is 0. The summed E-state index contributed by atoms with van der Waals surface area (Å²) in [6, 6.07) is 7.30. The van der Waals surface area contributed by atoms with Crippen LogP contribution in [0.25, 0.3) is 0 Å². The predicted octanol–water partition coefficient (Wildman–Crippen LogP) is 3.58. The average molecular weight is 295 g/mol. The largest absolute Gasteiger partial charge is 0.243 e. The molecule has 0 N–H and O–H groups in total.